The van der Waals surface area contributed by atoms with Gasteiger partial charge >= 0.3 is 6.09 Å². The van der Waals surface area contributed by atoms with E-state index in [4.69, 9.17) is 4.74 Å². The number of hydrogen-bond donors (Lipinski definition) is 2. The van der Waals surface area contributed by atoms with Gasteiger partial charge in [0.1, 0.15) is 0 Å². The molecule has 0 bridgehead atoms. The first-order valence-corrected chi connectivity index (χ1v) is 6.46. The molecule has 6 heteroatoms. The Morgan fingerprint density at radius 2 is 2.00 bits per heavy atom. The molecule has 0 saturated heterocycles. The summed E-state index contributed by atoms with van der Waals surface area (Å²) in [6.45, 7) is 2.23. The third-order valence-electron chi connectivity index (χ3n) is 2.48. The van der Waals surface area contributed by atoms with Gasteiger partial charge in [-0.2, -0.15) is 5.48 Å². The number of ketones is 1. The van der Waals surface area contributed by atoms with Crippen molar-refractivity contribution in [2.75, 3.05) is 6.61 Å². The topological polar surface area (TPSA) is 84.9 Å². The third-order valence-corrected chi connectivity index (χ3v) is 2.48. The minimum absolute atomic E-state index is 0.0224. The number of unbranched alkanes of at least 4 members (excludes halogenated alkanes) is 1. The number of hydroxylamine groups is 1. The number of carbonyl (C=O) groups is 2. The summed E-state index contributed by atoms with van der Waals surface area (Å²) in [6.07, 6.45) is -0.886. The molecule has 0 radical (unpaired) electrons. The molecule has 110 valence electrons. The van der Waals surface area contributed by atoms with Gasteiger partial charge in [-0.1, -0.05) is 43.7 Å². The van der Waals surface area contributed by atoms with Gasteiger partial charge in [0.05, 0.1) is 6.61 Å². The van der Waals surface area contributed by atoms with Crippen LogP contribution in [0.25, 0.3) is 0 Å². The van der Waals surface area contributed by atoms with Gasteiger partial charge in [0.25, 0.3) is 0 Å². The Kier molecular flexibility index (Phi) is 7.31. The first kappa shape index (κ1) is 16.1. The van der Waals surface area contributed by atoms with Crippen molar-refractivity contribution in [2.45, 2.75) is 32.5 Å². The first-order chi connectivity index (χ1) is 9.63. The molecule has 0 aromatic heterocycles. The van der Waals surface area contributed by atoms with Crippen molar-refractivity contribution in [3.05, 3.63) is 35.9 Å². The van der Waals surface area contributed by atoms with Crippen LogP contribution in [-0.2, 0) is 20.8 Å². The van der Waals surface area contributed by atoms with Gasteiger partial charge in [-0.25, -0.2) is 9.63 Å². The molecule has 0 aliphatic heterocycles. The van der Waals surface area contributed by atoms with Crippen LogP contribution in [0.4, 0.5) is 4.79 Å². The van der Waals surface area contributed by atoms with E-state index in [2.05, 4.69) is 4.84 Å². The fraction of sp³-hybridized carbons (Fsp3) is 0.429. The van der Waals surface area contributed by atoms with Crippen LogP contribution in [0.3, 0.4) is 0 Å². The Labute approximate surface area is 117 Å². The predicted molar refractivity (Wildman–Crippen MR) is 71.6 cm³/mol. The van der Waals surface area contributed by atoms with Crippen LogP contribution < -0.4 is 5.48 Å². The van der Waals surface area contributed by atoms with Gasteiger partial charge in [-0.15, -0.1) is 0 Å². The quantitative estimate of drug-likeness (QED) is 0.429. The van der Waals surface area contributed by atoms with Crippen molar-refractivity contribution >= 4 is 11.9 Å². The smallest absolute Gasteiger partial charge is 0.431 e. The summed E-state index contributed by atoms with van der Waals surface area (Å²) >= 11 is 0. The molecule has 1 rings (SSSR count). The molecule has 0 fully saturated rings. The van der Waals surface area contributed by atoms with E-state index in [1.807, 2.05) is 18.5 Å². The molecule has 0 saturated carbocycles. The molecular weight excluding hydrogens is 262 g/mol. The van der Waals surface area contributed by atoms with E-state index in [0.717, 1.165) is 18.4 Å². The number of hydrogen-bond acceptors (Lipinski definition) is 5. The summed E-state index contributed by atoms with van der Waals surface area (Å²) in [5, 5.41) is 9.46. The maximum Gasteiger partial charge on any atom is 0.431 e. The van der Waals surface area contributed by atoms with Crippen molar-refractivity contribution < 1.29 is 24.3 Å². The minimum atomic E-state index is -1.71. The molecule has 1 amide bonds. The zero-order valence-electron chi connectivity index (χ0n) is 11.4. The molecular formula is C14H19NO5. The second-order valence-electron chi connectivity index (χ2n) is 4.19. The van der Waals surface area contributed by atoms with Gasteiger partial charge < -0.3 is 9.84 Å². The molecule has 1 atom stereocenters. The first-order valence-electron chi connectivity index (χ1n) is 6.46. The second kappa shape index (κ2) is 9.06. The number of aliphatic hydroxyl groups is 1. The summed E-state index contributed by atoms with van der Waals surface area (Å²) in [4.78, 5) is 27.3. The zero-order chi connectivity index (χ0) is 14.8. The third kappa shape index (κ3) is 6.31. The van der Waals surface area contributed by atoms with Crippen LogP contribution >= 0.6 is 0 Å². The number of ether oxygens (including phenoxy) is 1. The molecule has 1 aromatic rings. The van der Waals surface area contributed by atoms with Crippen molar-refractivity contribution in [1.29, 1.82) is 0 Å². The van der Waals surface area contributed by atoms with E-state index in [-0.39, 0.29) is 13.0 Å². The van der Waals surface area contributed by atoms with Crippen LogP contribution in [0.1, 0.15) is 25.3 Å². The maximum absolute atomic E-state index is 11.6. The van der Waals surface area contributed by atoms with E-state index in [1.165, 1.54) is 0 Å². The predicted octanol–water partition coefficient (Wildman–Crippen LogP) is 1.57. The van der Waals surface area contributed by atoms with Crippen LogP contribution in [0.5, 0.6) is 0 Å². The molecule has 2 N–H and O–H groups in total. The van der Waals surface area contributed by atoms with Crippen molar-refractivity contribution in [3.63, 3.8) is 0 Å². The van der Waals surface area contributed by atoms with Gasteiger partial charge in [0, 0.05) is 6.42 Å². The lowest BCUT2D eigenvalue weighted by atomic mass is 10.1. The number of nitrogens with one attached hydrogen (secondary N) is 1. The highest BCUT2D eigenvalue weighted by atomic mass is 16.8. The lowest BCUT2D eigenvalue weighted by Crippen LogP contribution is -2.35. The van der Waals surface area contributed by atoms with Crippen molar-refractivity contribution in [2.24, 2.45) is 0 Å². The molecule has 0 spiro atoms. The van der Waals surface area contributed by atoms with Gasteiger partial charge in [0.15, 0.2) is 5.78 Å². The van der Waals surface area contributed by atoms with Crippen LogP contribution in [0, 0.1) is 0 Å². The zero-order valence-corrected chi connectivity index (χ0v) is 11.4. The Hall–Kier alpha value is -1.92. The number of benzene rings is 1. The molecule has 0 aliphatic carbocycles. The van der Waals surface area contributed by atoms with Gasteiger partial charge in [0.2, 0.25) is 6.29 Å². The molecule has 0 heterocycles. The summed E-state index contributed by atoms with van der Waals surface area (Å²) in [5.41, 5.74) is 2.63. The summed E-state index contributed by atoms with van der Waals surface area (Å²) < 4.78 is 4.73. The highest BCUT2D eigenvalue weighted by Gasteiger charge is 2.17. The minimum Gasteiger partial charge on any atom is -0.448 e. The number of carbonyl (C=O) groups excluding carboxylic acids is 2. The second-order valence-corrected chi connectivity index (χ2v) is 4.19. The molecule has 0 aliphatic rings. The molecule has 20 heavy (non-hydrogen) atoms. The van der Waals surface area contributed by atoms with E-state index >= 15 is 0 Å². The van der Waals surface area contributed by atoms with E-state index < -0.39 is 18.2 Å². The van der Waals surface area contributed by atoms with Crippen LogP contribution in [0.15, 0.2) is 30.3 Å². The number of amides is 1. The van der Waals surface area contributed by atoms with Crippen LogP contribution in [0.2, 0.25) is 0 Å². The van der Waals surface area contributed by atoms with E-state index in [1.54, 1.807) is 24.3 Å². The van der Waals surface area contributed by atoms with E-state index in [0.29, 0.717) is 0 Å². The normalized spacial score (nSPS) is 11.7. The largest absolute Gasteiger partial charge is 0.448 e. The standard InChI is InChI=1S/C14H19NO5/c1-2-3-9-19-14(18)15-20-13(17)12(16)10-11-7-5-4-6-8-11/h4-8,13,17H,2-3,9-10H2,1H3,(H,15,18). The number of rotatable bonds is 8. The highest BCUT2D eigenvalue weighted by molar-refractivity contribution is 5.83. The molecule has 1 aromatic carbocycles. The molecule has 1 unspecified atom stereocenters. The van der Waals surface area contributed by atoms with Crippen LogP contribution in [-0.4, -0.2) is 29.9 Å². The van der Waals surface area contributed by atoms with Crippen molar-refractivity contribution in [3.8, 4) is 0 Å². The highest BCUT2D eigenvalue weighted by Crippen LogP contribution is 2.02. The van der Waals surface area contributed by atoms with Gasteiger partial charge in [-0.05, 0) is 12.0 Å². The average molecular weight is 281 g/mol. The summed E-state index contributed by atoms with van der Waals surface area (Å²) in [5.74, 6) is -0.551. The fourth-order valence-electron chi connectivity index (χ4n) is 1.39. The number of Topliss-reactive ketones (excluding diaryl/α,β-unsaturated/α-hetero) is 1. The van der Waals surface area contributed by atoms with Gasteiger partial charge in [-0.3, -0.25) is 4.79 Å². The van der Waals surface area contributed by atoms with E-state index in [9.17, 15) is 14.7 Å². The average Bonchev–Trinajstić information content (AvgIpc) is 2.46. The Bertz CT molecular complexity index is 421. The monoisotopic (exact) mass is 281 g/mol. The number of aliphatic hydroxyl groups excluding tert-OH is 1. The summed E-state index contributed by atoms with van der Waals surface area (Å²) in [7, 11) is 0. The fourth-order valence-corrected chi connectivity index (χ4v) is 1.39. The summed E-state index contributed by atoms with van der Waals surface area (Å²) in [6, 6.07) is 8.93. The Balaban J connectivity index is 2.26. The lowest BCUT2D eigenvalue weighted by Gasteiger charge is -2.11. The SMILES string of the molecule is CCCCOC(=O)NOC(O)C(=O)Cc1ccccc1. The Morgan fingerprint density at radius 3 is 2.65 bits per heavy atom. The Morgan fingerprint density at radius 1 is 1.30 bits per heavy atom. The van der Waals surface area contributed by atoms with Crippen molar-refractivity contribution in [1.82, 2.24) is 5.48 Å². The molecule has 6 nitrogen and oxygen atoms in total. The maximum atomic E-state index is 11.6. The lowest BCUT2D eigenvalue weighted by molar-refractivity contribution is -0.167.